The van der Waals surface area contributed by atoms with Gasteiger partial charge in [0.05, 0.1) is 0 Å². The van der Waals surface area contributed by atoms with Gasteiger partial charge in [0, 0.05) is 6.08 Å². The van der Waals surface area contributed by atoms with Gasteiger partial charge in [0.1, 0.15) is 0 Å². The fourth-order valence-electron chi connectivity index (χ4n) is 3.68. The van der Waals surface area contributed by atoms with E-state index in [1.54, 1.807) is 6.08 Å². The van der Waals surface area contributed by atoms with Crippen LogP contribution in [0.4, 0.5) is 0 Å². The molecule has 0 radical (unpaired) electrons. The highest BCUT2D eigenvalue weighted by atomic mass is 16.4. The second kappa shape index (κ2) is 12.5. The van der Waals surface area contributed by atoms with Crippen molar-refractivity contribution < 1.29 is 9.90 Å². The lowest BCUT2D eigenvalue weighted by Gasteiger charge is -2.18. The third-order valence-electron chi connectivity index (χ3n) is 4.94. The number of carboxylic acid groups (broad SMARTS) is 1. The molecule has 1 N–H and O–H groups in total. The molecule has 2 nitrogen and oxygen atoms in total. The van der Waals surface area contributed by atoms with E-state index in [1.165, 1.54) is 76.7 Å². The fraction of sp³-hybridized carbons (Fsp3) is 0.750. The number of aliphatic carboxylic acids is 1. The van der Waals surface area contributed by atoms with Crippen molar-refractivity contribution in [1.82, 2.24) is 0 Å². The number of rotatable bonds is 12. The van der Waals surface area contributed by atoms with Crippen LogP contribution in [-0.4, -0.2) is 11.1 Å². The predicted molar refractivity (Wildman–Crippen MR) is 94.0 cm³/mol. The summed E-state index contributed by atoms with van der Waals surface area (Å²) in [6.07, 6.45) is 23.2. The first-order valence-corrected chi connectivity index (χ1v) is 9.30. The van der Waals surface area contributed by atoms with Gasteiger partial charge in [-0.05, 0) is 24.7 Å². The summed E-state index contributed by atoms with van der Waals surface area (Å²) in [5, 5.41) is 8.51. The molecule has 2 atom stereocenters. The van der Waals surface area contributed by atoms with E-state index in [2.05, 4.69) is 13.0 Å². The maximum Gasteiger partial charge on any atom is 0.328 e. The van der Waals surface area contributed by atoms with Crippen molar-refractivity contribution in [3.63, 3.8) is 0 Å². The SMILES string of the molecule is CCCCCCCC[C@H]1CCC[C@@H]1CC/C=C\C=CC(=O)O. The Bertz CT molecular complexity index is 344. The van der Waals surface area contributed by atoms with Crippen LogP contribution < -0.4 is 0 Å². The number of hydrogen-bond acceptors (Lipinski definition) is 1. The maximum atomic E-state index is 10.3. The average molecular weight is 306 g/mol. The second-order valence-corrected chi connectivity index (χ2v) is 6.71. The van der Waals surface area contributed by atoms with Crippen LogP contribution in [0.25, 0.3) is 0 Å². The van der Waals surface area contributed by atoms with Crippen molar-refractivity contribution in [3.05, 3.63) is 24.3 Å². The lowest BCUT2D eigenvalue weighted by molar-refractivity contribution is -0.131. The average Bonchev–Trinajstić information content (AvgIpc) is 2.93. The molecule has 0 amide bonds. The van der Waals surface area contributed by atoms with Gasteiger partial charge >= 0.3 is 5.97 Å². The normalized spacial score (nSPS) is 22.0. The van der Waals surface area contributed by atoms with Gasteiger partial charge in [0.25, 0.3) is 0 Å². The summed E-state index contributed by atoms with van der Waals surface area (Å²) in [5.41, 5.74) is 0. The molecule has 1 saturated carbocycles. The van der Waals surface area contributed by atoms with E-state index in [-0.39, 0.29) is 0 Å². The van der Waals surface area contributed by atoms with E-state index < -0.39 is 5.97 Å². The van der Waals surface area contributed by atoms with Crippen molar-refractivity contribution in [3.8, 4) is 0 Å². The monoisotopic (exact) mass is 306 g/mol. The highest BCUT2D eigenvalue weighted by Crippen LogP contribution is 2.38. The summed E-state index contributed by atoms with van der Waals surface area (Å²) < 4.78 is 0. The van der Waals surface area contributed by atoms with Crippen molar-refractivity contribution in [2.45, 2.75) is 84.0 Å². The number of carboxylic acids is 1. The van der Waals surface area contributed by atoms with Crippen molar-refractivity contribution in [2.24, 2.45) is 11.8 Å². The quantitative estimate of drug-likeness (QED) is 0.267. The third kappa shape index (κ3) is 9.07. The minimum atomic E-state index is -0.876. The Morgan fingerprint density at radius 1 is 1.00 bits per heavy atom. The number of unbranched alkanes of at least 4 members (excludes halogenated alkanes) is 5. The number of allylic oxidation sites excluding steroid dienone is 3. The fourth-order valence-corrected chi connectivity index (χ4v) is 3.68. The molecule has 126 valence electrons. The Morgan fingerprint density at radius 2 is 1.68 bits per heavy atom. The van der Waals surface area contributed by atoms with Gasteiger partial charge in [-0.15, -0.1) is 0 Å². The van der Waals surface area contributed by atoms with E-state index in [1.807, 2.05) is 6.08 Å². The van der Waals surface area contributed by atoms with Crippen LogP contribution in [0.15, 0.2) is 24.3 Å². The lowest BCUT2D eigenvalue weighted by atomic mass is 9.87. The molecule has 0 saturated heterocycles. The van der Waals surface area contributed by atoms with Gasteiger partial charge < -0.3 is 5.11 Å². The first kappa shape index (κ1) is 19.0. The predicted octanol–water partition coefficient (Wildman–Crippen LogP) is 6.13. The first-order chi connectivity index (χ1) is 10.7. The van der Waals surface area contributed by atoms with Crippen LogP contribution in [0.1, 0.15) is 84.0 Å². The molecule has 0 aromatic carbocycles. The van der Waals surface area contributed by atoms with E-state index in [9.17, 15) is 4.79 Å². The Labute approximate surface area is 136 Å². The van der Waals surface area contributed by atoms with E-state index in [4.69, 9.17) is 5.11 Å². The highest BCUT2D eigenvalue weighted by molar-refractivity contribution is 5.80. The molecule has 0 bridgehead atoms. The van der Waals surface area contributed by atoms with Gasteiger partial charge in [0.2, 0.25) is 0 Å². The third-order valence-corrected chi connectivity index (χ3v) is 4.94. The molecule has 1 aliphatic carbocycles. The molecule has 0 heterocycles. The Morgan fingerprint density at radius 3 is 2.41 bits per heavy atom. The molecule has 2 heteroatoms. The summed E-state index contributed by atoms with van der Waals surface area (Å²) in [6.45, 7) is 2.27. The summed E-state index contributed by atoms with van der Waals surface area (Å²) in [6, 6.07) is 0. The van der Waals surface area contributed by atoms with Gasteiger partial charge in [-0.1, -0.05) is 89.4 Å². The molecular weight excluding hydrogens is 272 g/mol. The van der Waals surface area contributed by atoms with Crippen LogP contribution in [0.2, 0.25) is 0 Å². The molecule has 22 heavy (non-hydrogen) atoms. The van der Waals surface area contributed by atoms with Crippen LogP contribution in [0, 0.1) is 11.8 Å². The lowest BCUT2D eigenvalue weighted by Crippen LogP contribution is -2.07. The van der Waals surface area contributed by atoms with Crippen LogP contribution in [0.5, 0.6) is 0 Å². The van der Waals surface area contributed by atoms with Crippen LogP contribution >= 0.6 is 0 Å². The molecule has 0 aromatic heterocycles. The second-order valence-electron chi connectivity index (χ2n) is 6.71. The molecule has 0 aromatic rings. The van der Waals surface area contributed by atoms with Gasteiger partial charge in [-0.3, -0.25) is 0 Å². The Balaban J connectivity index is 2.11. The number of hydrogen-bond donors (Lipinski definition) is 1. The zero-order valence-corrected chi connectivity index (χ0v) is 14.3. The molecule has 0 unspecified atom stereocenters. The topological polar surface area (TPSA) is 37.3 Å². The summed E-state index contributed by atoms with van der Waals surface area (Å²) in [4.78, 5) is 10.3. The highest BCUT2D eigenvalue weighted by Gasteiger charge is 2.25. The van der Waals surface area contributed by atoms with Crippen molar-refractivity contribution in [2.75, 3.05) is 0 Å². The standard InChI is InChI=1S/C20H34O2/c1-2-3-4-5-6-9-13-18-15-12-16-19(18)14-10-7-8-11-17-20(21)22/h7-8,11,17-19H,2-6,9-10,12-16H2,1H3,(H,21,22)/b8-7-,17-11?/t18-,19-/m0/s1. The smallest absolute Gasteiger partial charge is 0.328 e. The molecule has 1 fully saturated rings. The van der Waals surface area contributed by atoms with E-state index in [0.717, 1.165) is 18.3 Å². The molecule has 1 rings (SSSR count). The van der Waals surface area contributed by atoms with Crippen LogP contribution in [0.3, 0.4) is 0 Å². The summed E-state index contributed by atoms with van der Waals surface area (Å²) in [5.74, 6) is 0.984. The molecule has 1 aliphatic rings. The van der Waals surface area contributed by atoms with Crippen molar-refractivity contribution in [1.29, 1.82) is 0 Å². The maximum absolute atomic E-state index is 10.3. The van der Waals surface area contributed by atoms with Crippen molar-refractivity contribution >= 4 is 5.97 Å². The zero-order valence-electron chi connectivity index (χ0n) is 14.3. The van der Waals surface area contributed by atoms with Gasteiger partial charge in [-0.25, -0.2) is 4.79 Å². The Kier molecular flexibility index (Phi) is 10.8. The molecule has 0 spiro atoms. The zero-order chi connectivity index (χ0) is 16.0. The van der Waals surface area contributed by atoms with E-state index in [0.29, 0.717) is 0 Å². The number of carbonyl (C=O) groups is 1. The summed E-state index contributed by atoms with van der Waals surface area (Å²) >= 11 is 0. The van der Waals surface area contributed by atoms with E-state index >= 15 is 0 Å². The molecular formula is C20H34O2. The van der Waals surface area contributed by atoms with Crippen LogP contribution in [-0.2, 0) is 4.79 Å². The van der Waals surface area contributed by atoms with Gasteiger partial charge in [0.15, 0.2) is 0 Å². The minimum Gasteiger partial charge on any atom is -0.478 e. The first-order valence-electron chi connectivity index (χ1n) is 9.30. The minimum absolute atomic E-state index is 0.876. The largest absolute Gasteiger partial charge is 0.478 e. The molecule has 0 aliphatic heterocycles. The Hall–Kier alpha value is -1.05. The van der Waals surface area contributed by atoms with Gasteiger partial charge in [-0.2, -0.15) is 0 Å². The summed E-state index contributed by atoms with van der Waals surface area (Å²) in [7, 11) is 0.